The zero-order chi connectivity index (χ0) is 21.8. The largest absolute Gasteiger partial charge is 0.508 e. The summed E-state index contributed by atoms with van der Waals surface area (Å²) in [7, 11) is 0. The number of rotatable bonds is 3. The molecule has 4 heteroatoms. The molecule has 30 heavy (non-hydrogen) atoms. The van der Waals surface area contributed by atoms with Crippen LogP contribution in [0.3, 0.4) is 0 Å². The van der Waals surface area contributed by atoms with Crippen LogP contribution in [-0.4, -0.2) is 28.1 Å². The fourth-order valence-electron chi connectivity index (χ4n) is 5.58. The molecule has 0 spiro atoms. The van der Waals surface area contributed by atoms with Crippen molar-refractivity contribution < 1.29 is 14.7 Å². The Labute approximate surface area is 179 Å². The molecule has 0 fully saturated rings. The molecule has 1 N–H and O–H groups in total. The second kappa shape index (κ2) is 7.11. The molecular formula is C26H33NO3. The van der Waals surface area contributed by atoms with E-state index in [1.807, 2.05) is 12.1 Å². The molecule has 0 aromatic heterocycles. The van der Waals surface area contributed by atoms with E-state index in [0.29, 0.717) is 18.4 Å². The van der Waals surface area contributed by atoms with E-state index in [1.165, 1.54) is 0 Å². The van der Waals surface area contributed by atoms with Crippen LogP contribution in [-0.2, 0) is 9.59 Å². The summed E-state index contributed by atoms with van der Waals surface area (Å²) in [5, 5.41) is 10.7. The third-order valence-corrected chi connectivity index (χ3v) is 6.72. The predicted octanol–water partition coefficient (Wildman–Crippen LogP) is 5.49. The number of phenols is 1. The van der Waals surface area contributed by atoms with Gasteiger partial charge in [0.05, 0.1) is 0 Å². The molecule has 0 amide bonds. The van der Waals surface area contributed by atoms with Crippen molar-refractivity contribution in [3.05, 3.63) is 52.4 Å². The highest BCUT2D eigenvalue weighted by Gasteiger charge is 2.49. The van der Waals surface area contributed by atoms with E-state index in [9.17, 15) is 14.7 Å². The third kappa shape index (κ3) is 3.40. The molecule has 2 aliphatic carbocycles. The summed E-state index contributed by atoms with van der Waals surface area (Å²) < 4.78 is 0. The zero-order valence-corrected chi connectivity index (χ0v) is 18.8. The van der Waals surface area contributed by atoms with E-state index in [1.54, 1.807) is 12.1 Å². The van der Waals surface area contributed by atoms with Gasteiger partial charge in [-0.1, -0.05) is 52.8 Å². The smallest absolute Gasteiger partial charge is 0.162 e. The van der Waals surface area contributed by atoms with Crippen LogP contribution in [0.4, 0.5) is 0 Å². The molecule has 1 aliphatic heterocycles. The summed E-state index contributed by atoms with van der Waals surface area (Å²) in [6, 6.07) is 7.18. The minimum atomic E-state index is -0.462. The lowest BCUT2D eigenvalue weighted by molar-refractivity contribution is -0.119. The second-order valence-corrected chi connectivity index (χ2v) is 10.7. The van der Waals surface area contributed by atoms with Gasteiger partial charge in [0.15, 0.2) is 11.6 Å². The van der Waals surface area contributed by atoms with Gasteiger partial charge in [0, 0.05) is 53.4 Å². The molecular weight excluding hydrogens is 374 g/mol. The molecule has 0 radical (unpaired) electrons. The summed E-state index contributed by atoms with van der Waals surface area (Å²) >= 11 is 0. The Morgan fingerprint density at radius 3 is 1.87 bits per heavy atom. The number of nitrogens with zero attached hydrogens (tertiary/aromatic N) is 1. The average Bonchev–Trinajstić information content (AvgIpc) is 2.61. The molecule has 0 unspecified atom stereocenters. The minimum absolute atomic E-state index is 0.111. The van der Waals surface area contributed by atoms with Crippen LogP contribution < -0.4 is 0 Å². The number of ketones is 2. The minimum Gasteiger partial charge on any atom is -0.508 e. The van der Waals surface area contributed by atoms with Gasteiger partial charge >= 0.3 is 0 Å². The first-order valence-electron chi connectivity index (χ1n) is 11.1. The Morgan fingerprint density at radius 1 is 0.900 bits per heavy atom. The quantitative estimate of drug-likeness (QED) is 0.720. The number of Topliss-reactive ketones (excluding diaryl/α,β-unsaturated/α-hetero) is 2. The van der Waals surface area contributed by atoms with Gasteiger partial charge in [-0.05, 0) is 36.2 Å². The molecule has 160 valence electrons. The van der Waals surface area contributed by atoms with Crippen LogP contribution in [0, 0.1) is 10.8 Å². The van der Waals surface area contributed by atoms with Crippen molar-refractivity contribution in [1.29, 1.82) is 0 Å². The average molecular weight is 408 g/mol. The number of aromatic hydroxyl groups is 1. The lowest BCUT2D eigenvalue weighted by atomic mass is 9.63. The Balaban J connectivity index is 2.01. The highest BCUT2D eigenvalue weighted by molar-refractivity contribution is 6.07. The highest BCUT2D eigenvalue weighted by Crippen LogP contribution is 2.55. The zero-order valence-electron chi connectivity index (χ0n) is 18.8. The summed E-state index contributed by atoms with van der Waals surface area (Å²) in [6.07, 6.45) is 3.50. The van der Waals surface area contributed by atoms with Gasteiger partial charge in [-0.3, -0.25) is 9.59 Å². The summed E-state index contributed by atoms with van der Waals surface area (Å²) in [5.41, 5.74) is 4.04. The van der Waals surface area contributed by atoms with E-state index in [0.717, 1.165) is 48.3 Å². The van der Waals surface area contributed by atoms with Crippen molar-refractivity contribution in [1.82, 2.24) is 4.90 Å². The fraction of sp³-hybridized carbons (Fsp3) is 0.538. The van der Waals surface area contributed by atoms with E-state index in [2.05, 4.69) is 39.5 Å². The van der Waals surface area contributed by atoms with E-state index >= 15 is 0 Å². The normalized spacial score (nSPS) is 23.6. The van der Waals surface area contributed by atoms with Crippen LogP contribution in [0.1, 0.15) is 78.2 Å². The molecule has 0 saturated heterocycles. The number of carbonyl (C=O) groups excluding carboxylic acids is 2. The first kappa shape index (κ1) is 20.9. The molecule has 0 saturated carbocycles. The lowest BCUT2D eigenvalue weighted by Crippen LogP contribution is -2.44. The van der Waals surface area contributed by atoms with Crippen molar-refractivity contribution in [3.63, 3.8) is 0 Å². The molecule has 4 rings (SSSR count). The van der Waals surface area contributed by atoms with Crippen LogP contribution >= 0.6 is 0 Å². The highest BCUT2D eigenvalue weighted by atomic mass is 16.3. The monoisotopic (exact) mass is 407 g/mol. The lowest BCUT2D eigenvalue weighted by Gasteiger charge is -2.49. The number of hydrogen-bond donors (Lipinski definition) is 1. The number of para-hydroxylation sites is 1. The molecule has 3 aliphatic rings. The Kier molecular flexibility index (Phi) is 4.95. The molecule has 1 aromatic carbocycles. The Bertz CT molecular complexity index is 926. The van der Waals surface area contributed by atoms with Crippen molar-refractivity contribution in [2.45, 2.75) is 72.6 Å². The molecule has 1 heterocycles. The summed E-state index contributed by atoms with van der Waals surface area (Å²) in [5.74, 6) is -0.0866. The van der Waals surface area contributed by atoms with Gasteiger partial charge in [0.2, 0.25) is 0 Å². The standard InChI is InChI=1S/C26H33NO3/c1-6-11-27-17-12-25(2,3)14-20(29)23(17)22(16-9-7-8-10-19(16)28)24-18(27)13-26(4,5)15-21(24)30/h7-10,22,28H,6,11-15H2,1-5H3. The van der Waals surface area contributed by atoms with Gasteiger partial charge < -0.3 is 10.0 Å². The molecule has 0 atom stereocenters. The Morgan fingerprint density at radius 2 is 1.40 bits per heavy atom. The van der Waals surface area contributed by atoms with Gasteiger partial charge in [-0.2, -0.15) is 0 Å². The van der Waals surface area contributed by atoms with Gasteiger partial charge in [-0.15, -0.1) is 0 Å². The van der Waals surface area contributed by atoms with Crippen LogP contribution in [0.15, 0.2) is 46.8 Å². The topological polar surface area (TPSA) is 57.6 Å². The van der Waals surface area contributed by atoms with Crippen molar-refractivity contribution in [2.75, 3.05) is 6.54 Å². The molecule has 0 bridgehead atoms. The predicted molar refractivity (Wildman–Crippen MR) is 118 cm³/mol. The number of hydrogen-bond acceptors (Lipinski definition) is 4. The van der Waals surface area contributed by atoms with Crippen molar-refractivity contribution in [3.8, 4) is 5.75 Å². The third-order valence-electron chi connectivity index (χ3n) is 6.72. The molecule has 4 nitrogen and oxygen atoms in total. The fourth-order valence-corrected chi connectivity index (χ4v) is 5.58. The van der Waals surface area contributed by atoms with Crippen molar-refractivity contribution >= 4 is 11.6 Å². The first-order valence-corrected chi connectivity index (χ1v) is 11.1. The molecule has 1 aromatic rings. The Hall–Kier alpha value is -2.36. The van der Waals surface area contributed by atoms with E-state index < -0.39 is 5.92 Å². The maximum Gasteiger partial charge on any atom is 0.162 e. The van der Waals surface area contributed by atoms with Crippen LogP contribution in [0.2, 0.25) is 0 Å². The number of phenolic OH excluding ortho intramolecular Hbond substituents is 1. The second-order valence-electron chi connectivity index (χ2n) is 10.7. The van der Waals surface area contributed by atoms with Gasteiger partial charge in [0.25, 0.3) is 0 Å². The summed E-state index contributed by atoms with van der Waals surface area (Å²) in [4.78, 5) is 29.3. The van der Waals surface area contributed by atoms with Crippen LogP contribution in [0.5, 0.6) is 5.75 Å². The maximum absolute atomic E-state index is 13.5. The first-order chi connectivity index (χ1) is 14.0. The van der Waals surface area contributed by atoms with Crippen molar-refractivity contribution in [2.24, 2.45) is 10.8 Å². The number of carbonyl (C=O) groups is 2. The SMILES string of the molecule is CCCN1C2=C(C(=O)CC(C)(C)C2)C(c2ccccc2O)C2=C1CC(C)(C)CC2=O. The van der Waals surface area contributed by atoms with E-state index in [4.69, 9.17) is 0 Å². The van der Waals surface area contributed by atoms with Gasteiger partial charge in [0.1, 0.15) is 5.75 Å². The number of allylic oxidation sites excluding steroid dienone is 4. The van der Waals surface area contributed by atoms with Crippen LogP contribution in [0.25, 0.3) is 0 Å². The summed E-state index contributed by atoms with van der Waals surface area (Å²) in [6.45, 7) is 11.5. The van der Waals surface area contributed by atoms with E-state index in [-0.39, 0.29) is 28.1 Å². The maximum atomic E-state index is 13.5. The number of benzene rings is 1. The van der Waals surface area contributed by atoms with Gasteiger partial charge in [-0.25, -0.2) is 0 Å².